The van der Waals surface area contributed by atoms with E-state index in [2.05, 4.69) is 14.9 Å². The number of carbonyl (C=O) groups is 2. The minimum absolute atomic E-state index is 0.00807. The van der Waals surface area contributed by atoms with Crippen molar-refractivity contribution < 1.29 is 14.7 Å². The van der Waals surface area contributed by atoms with E-state index in [0.29, 0.717) is 26.2 Å². The van der Waals surface area contributed by atoms with E-state index < -0.39 is 5.97 Å². The van der Waals surface area contributed by atoms with Crippen LogP contribution in [-0.4, -0.2) is 58.0 Å². The number of amides is 1. The molecule has 1 N–H and O–H groups in total. The molecule has 1 aliphatic rings. The first-order chi connectivity index (χ1) is 11.2. The van der Waals surface area contributed by atoms with Gasteiger partial charge in [-0.3, -0.25) is 9.78 Å². The summed E-state index contributed by atoms with van der Waals surface area (Å²) in [6.07, 6.45) is 3.17. The lowest BCUT2D eigenvalue weighted by Crippen LogP contribution is -2.49. The fourth-order valence-electron chi connectivity index (χ4n) is 2.58. The van der Waals surface area contributed by atoms with Gasteiger partial charge in [0.1, 0.15) is 11.5 Å². The van der Waals surface area contributed by atoms with Crippen molar-refractivity contribution in [1.29, 1.82) is 0 Å². The Kier molecular flexibility index (Phi) is 4.18. The van der Waals surface area contributed by atoms with Crippen LogP contribution in [0.5, 0.6) is 0 Å². The average molecular weight is 312 g/mol. The second kappa shape index (κ2) is 6.43. The standard InChI is InChI=1S/C16H16N4O3/c21-15(14-12(16(22)23)4-3-7-18-14)20-10-8-19(9-11-20)13-5-1-2-6-17-13/h1-7H,8-11H2,(H,22,23). The van der Waals surface area contributed by atoms with Crippen LogP contribution in [0, 0.1) is 0 Å². The molecular weight excluding hydrogens is 296 g/mol. The molecule has 3 heterocycles. The summed E-state index contributed by atoms with van der Waals surface area (Å²) >= 11 is 0. The highest BCUT2D eigenvalue weighted by molar-refractivity contribution is 6.03. The normalized spacial score (nSPS) is 14.6. The third-order valence-electron chi connectivity index (χ3n) is 3.78. The average Bonchev–Trinajstić information content (AvgIpc) is 2.62. The van der Waals surface area contributed by atoms with Crippen LogP contribution in [0.15, 0.2) is 42.7 Å². The predicted molar refractivity (Wildman–Crippen MR) is 83.5 cm³/mol. The van der Waals surface area contributed by atoms with E-state index in [1.165, 1.54) is 18.3 Å². The van der Waals surface area contributed by atoms with Crippen molar-refractivity contribution in [3.05, 3.63) is 54.0 Å². The minimum atomic E-state index is -1.14. The fraction of sp³-hybridized carbons (Fsp3) is 0.250. The second-order valence-corrected chi connectivity index (χ2v) is 5.17. The summed E-state index contributed by atoms with van der Waals surface area (Å²) in [5, 5.41) is 9.18. The number of anilines is 1. The molecule has 7 nitrogen and oxygen atoms in total. The van der Waals surface area contributed by atoms with Gasteiger partial charge in [0, 0.05) is 38.6 Å². The summed E-state index contributed by atoms with van der Waals surface area (Å²) in [5.74, 6) is -0.610. The molecule has 0 atom stereocenters. The zero-order chi connectivity index (χ0) is 16.2. The number of nitrogens with zero attached hydrogens (tertiary/aromatic N) is 4. The Bertz CT molecular complexity index is 712. The van der Waals surface area contributed by atoms with Gasteiger partial charge in [0.05, 0.1) is 5.56 Å². The quantitative estimate of drug-likeness (QED) is 0.914. The molecule has 3 rings (SSSR count). The zero-order valence-electron chi connectivity index (χ0n) is 12.4. The van der Waals surface area contributed by atoms with E-state index >= 15 is 0 Å². The number of aromatic carboxylic acids is 1. The van der Waals surface area contributed by atoms with Crippen LogP contribution >= 0.6 is 0 Å². The molecule has 0 aliphatic carbocycles. The summed E-state index contributed by atoms with van der Waals surface area (Å²) in [6.45, 7) is 2.31. The zero-order valence-corrected chi connectivity index (χ0v) is 12.4. The van der Waals surface area contributed by atoms with Crippen LogP contribution in [0.2, 0.25) is 0 Å². The van der Waals surface area contributed by atoms with Crippen molar-refractivity contribution in [2.45, 2.75) is 0 Å². The molecule has 1 saturated heterocycles. The van der Waals surface area contributed by atoms with Crippen LogP contribution in [0.1, 0.15) is 20.8 Å². The van der Waals surface area contributed by atoms with Gasteiger partial charge in [-0.05, 0) is 24.3 Å². The van der Waals surface area contributed by atoms with Gasteiger partial charge in [-0.2, -0.15) is 0 Å². The molecule has 0 radical (unpaired) electrons. The first-order valence-corrected chi connectivity index (χ1v) is 7.30. The van der Waals surface area contributed by atoms with Crippen LogP contribution in [0.25, 0.3) is 0 Å². The molecule has 1 fully saturated rings. The number of carboxylic acid groups (broad SMARTS) is 1. The lowest BCUT2D eigenvalue weighted by atomic mass is 10.1. The van der Waals surface area contributed by atoms with E-state index in [-0.39, 0.29) is 17.2 Å². The van der Waals surface area contributed by atoms with Gasteiger partial charge in [-0.15, -0.1) is 0 Å². The maximum atomic E-state index is 12.5. The van der Waals surface area contributed by atoms with Crippen molar-refractivity contribution in [3.63, 3.8) is 0 Å². The lowest BCUT2D eigenvalue weighted by Gasteiger charge is -2.35. The van der Waals surface area contributed by atoms with Crippen LogP contribution in [-0.2, 0) is 0 Å². The largest absolute Gasteiger partial charge is 0.478 e. The first kappa shape index (κ1) is 15.0. The Morgan fingerprint density at radius 3 is 2.35 bits per heavy atom. The number of piperazine rings is 1. The van der Waals surface area contributed by atoms with E-state index in [0.717, 1.165) is 5.82 Å². The molecule has 2 aromatic rings. The Hall–Kier alpha value is -2.96. The third-order valence-corrected chi connectivity index (χ3v) is 3.78. The molecule has 118 valence electrons. The highest BCUT2D eigenvalue weighted by atomic mass is 16.4. The van der Waals surface area contributed by atoms with Crippen LogP contribution in [0.3, 0.4) is 0 Å². The predicted octanol–water partition coefficient (Wildman–Crippen LogP) is 1.14. The fourth-order valence-corrected chi connectivity index (χ4v) is 2.58. The van der Waals surface area contributed by atoms with Crippen LogP contribution < -0.4 is 4.90 Å². The van der Waals surface area contributed by atoms with Crippen molar-refractivity contribution in [2.24, 2.45) is 0 Å². The van der Waals surface area contributed by atoms with Gasteiger partial charge in [-0.25, -0.2) is 9.78 Å². The molecular formula is C16H16N4O3. The molecule has 1 aliphatic heterocycles. The Morgan fingerprint density at radius 1 is 0.957 bits per heavy atom. The number of rotatable bonds is 3. The lowest BCUT2D eigenvalue weighted by molar-refractivity contribution is 0.0669. The SMILES string of the molecule is O=C(O)c1cccnc1C(=O)N1CCN(c2ccccn2)CC1. The number of carboxylic acids is 1. The van der Waals surface area contributed by atoms with E-state index in [1.807, 2.05) is 18.2 Å². The van der Waals surface area contributed by atoms with Crippen molar-refractivity contribution in [3.8, 4) is 0 Å². The third kappa shape index (κ3) is 3.13. The number of aromatic nitrogens is 2. The maximum Gasteiger partial charge on any atom is 0.338 e. The summed E-state index contributed by atoms with van der Waals surface area (Å²) in [6, 6.07) is 8.62. The van der Waals surface area contributed by atoms with Gasteiger partial charge in [0.25, 0.3) is 5.91 Å². The summed E-state index contributed by atoms with van der Waals surface area (Å²) in [7, 11) is 0. The summed E-state index contributed by atoms with van der Waals surface area (Å²) < 4.78 is 0. The number of hydrogen-bond donors (Lipinski definition) is 1. The van der Waals surface area contributed by atoms with E-state index in [4.69, 9.17) is 0 Å². The maximum absolute atomic E-state index is 12.5. The topological polar surface area (TPSA) is 86.6 Å². The van der Waals surface area contributed by atoms with E-state index in [1.54, 1.807) is 11.1 Å². The van der Waals surface area contributed by atoms with Crippen LogP contribution in [0.4, 0.5) is 5.82 Å². The Labute approximate surface area is 133 Å². The highest BCUT2D eigenvalue weighted by Gasteiger charge is 2.26. The molecule has 0 spiro atoms. The van der Waals surface area contributed by atoms with Crippen molar-refractivity contribution in [1.82, 2.24) is 14.9 Å². The Morgan fingerprint density at radius 2 is 1.70 bits per heavy atom. The van der Waals surface area contributed by atoms with Gasteiger partial charge in [-0.1, -0.05) is 6.07 Å². The van der Waals surface area contributed by atoms with E-state index in [9.17, 15) is 14.7 Å². The number of carbonyl (C=O) groups excluding carboxylic acids is 1. The molecule has 0 saturated carbocycles. The smallest absolute Gasteiger partial charge is 0.338 e. The Balaban J connectivity index is 1.71. The minimum Gasteiger partial charge on any atom is -0.478 e. The van der Waals surface area contributed by atoms with Gasteiger partial charge in [0.2, 0.25) is 0 Å². The molecule has 0 bridgehead atoms. The summed E-state index contributed by atoms with van der Waals surface area (Å²) in [4.78, 5) is 35.7. The highest BCUT2D eigenvalue weighted by Crippen LogP contribution is 2.15. The number of hydrogen-bond acceptors (Lipinski definition) is 5. The molecule has 7 heteroatoms. The molecule has 23 heavy (non-hydrogen) atoms. The van der Waals surface area contributed by atoms with Gasteiger partial charge < -0.3 is 14.9 Å². The van der Waals surface area contributed by atoms with Gasteiger partial charge >= 0.3 is 5.97 Å². The number of pyridine rings is 2. The monoisotopic (exact) mass is 312 g/mol. The molecule has 1 amide bonds. The van der Waals surface area contributed by atoms with Crippen molar-refractivity contribution in [2.75, 3.05) is 31.1 Å². The van der Waals surface area contributed by atoms with Gasteiger partial charge in [0.15, 0.2) is 0 Å². The molecule has 0 aromatic carbocycles. The molecule has 2 aromatic heterocycles. The molecule has 0 unspecified atom stereocenters. The summed E-state index contributed by atoms with van der Waals surface area (Å²) in [5.41, 5.74) is -0.0732. The first-order valence-electron chi connectivity index (χ1n) is 7.30. The van der Waals surface area contributed by atoms with Crippen molar-refractivity contribution >= 4 is 17.7 Å². The second-order valence-electron chi connectivity index (χ2n) is 5.17.